The van der Waals surface area contributed by atoms with Gasteiger partial charge in [-0.1, -0.05) is 12.1 Å². The standard InChI is InChI=1S/C19H19NO6S/c1-10-5-3-7-12(16(10)22)18(23)26-9-14(21)20-17-15(19(24)25-2)11-6-4-8-13(11)27-17/h3,5,7,22H,4,6,8-9H2,1-2H3,(H,20,21). The zero-order chi connectivity index (χ0) is 19.6. The number of carbonyl (C=O) groups excluding carboxylic acids is 3. The molecule has 1 heterocycles. The van der Waals surface area contributed by atoms with Crippen LogP contribution in [0.25, 0.3) is 0 Å². The average molecular weight is 389 g/mol. The van der Waals surface area contributed by atoms with E-state index in [0.717, 1.165) is 29.7 Å². The zero-order valence-corrected chi connectivity index (χ0v) is 15.8. The summed E-state index contributed by atoms with van der Waals surface area (Å²) in [7, 11) is 1.29. The van der Waals surface area contributed by atoms with Gasteiger partial charge in [0.25, 0.3) is 5.91 Å². The molecule has 1 aliphatic carbocycles. The van der Waals surface area contributed by atoms with Crippen molar-refractivity contribution in [2.45, 2.75) is 26.2 Å². The molecule has 1 amide bonds. The Morgan fingerprint density at radius 1 is 1.22 bits per heavy atom. The molecule has 0 aliphatic heterocycles. The van der Waals surface area contributed by atoms with Crippen LogP contribution in [-0.2, 0) is 27.1 Å². The van der Waals surface area contributed by atoms with Gasteiger partial charge in [0, 0.05) is 4.88 Å². The van der Waals surface area contributed by atoms with Gasteiger partial charge in [-0.25, -0.2) is 9.59 Å². The van der Waals surface area contributed by atoms with Crippen LogP contribution >= 0.6 is 11.3 Å². The van der Waals surface area contributed by atoms with E-state index in [1.165, 1.54) is 24.5 Å². The molecule has 0 unspecified atom stereocenters. The topological polar surface area (TPSA) is 102 Å². The van der Waals surface area contributed by atoms with Crippen LogP contribution in [0.2, 0.25) is 0 Å². The van der Waals surface area contributed by atoms with Gasteiger partial charge in [0.1, 0.15) is 16.3 Å². The van der Waals surface area contributed by atoms with Crippen LogP contribution in [0.3, 0.4) is 0 Å². The summed E-state index contributed by atoms with van der Waals surface area (Å²) >= 11 is 1.34. The van der Waals surface area contributed by atoms with Gasteiger partial charge in [0.15, 0.2) is 6.61 Å². The van der Waals surface area contributed by atoms with E-state index in [9.17, 15) is 19.5 Å². The number of anilines is 1. The fourth-order valence-corrected chi connectivity index (χ4v) is 4.30. The normalized spacial score (nSPS) is 12.4. The molecule has 1 aromatic heterocycles. The number of phenolic OH excluding ortho intramolecular Hbond substituents is 1. The van der Waals surface area contributed by atoms with Crippen molar-refractivity contribution >= 4 is 34.2 Å². The summed E-state index contributed by atoms with van der Waals surface area (Å²) < 4.78 is 9.81. The Labute approximate surface area is 159 Å². The number of aromatic hydroxyl groups is 1. The lowest BCUT2D eigenvalue weighted by molar-refractivity contribution is -0.119. The molecule has 8 heteroatoms. The molecule has 142 valence electrons. The molecule has 1 aliphatic rings. The molecule has 27 heavy (non-hydrogen) atoms. The van der Waals surface area contributed by atoms with Crippen LogP contribution in [0.15, 0.2) is 18.2 Å². The van der Waals surface area contributed by atoms with Gasteiger partial charge >= 0.3 is 11.9 Å². The van der Waals surface area contributed by atoms with E-state index in [-0.39, 0.29) is 11.3 Å². The summed E-state index contributed by atoms with van der Waals surface area (Å²) in [6.07, 6.45) is 2.60. The number of fused-ring (bicyclic) bond motifs is 1. The van der Waals surface area contributed by atoms with Crippen molar-refractivity contribution in [3.63, 3.8) is 0 Å². The number of amides is 1. The Bertz CT molecular complexity index is 917. The lowest BCUT2D eigenvalue weighted by Crippen LogP contribution is -2.21. The van der Waals surface area contributed by atoms with E-state index in [1.807, 2.05) is 0 Å². The van der Waals surface area contributed by atoms with Crippen molar-refractivity contribution in [1.82, 2.24) is 0 Å². The highest BCUT2D eigenvalue weighted by Crippen LogP contribution is 2.39. The fourth-order valence-electron chi connectivity index (χ4n) is 3.01. The van der Waals surface area contributed by atoms with Crippen molar-refractivity contribution in [2.75, 3.05) is 19.0 Å². The molecule has 0 saturated carbocycles. The van der Waals surface area contributed by atoms with Crippen LogP contribution in [-0.4, -0.2) is 36.7 Å². The zero-order valence-electron chi connectivity index (χ0n) is 15.0. The number of ether oxygens (including phenoxy) is 2. The van der Waals surface area contributed by atoms with Crippen molar-refractivity contribution in [3.05, 3.63) is 45.3 Å². The molecule has 0 saturated heterocycles. The molecule has 0 spiro atoms. The third-order valence-electron chi connectivity index (χ3n) is 4.36. The van der Waals surface area contributed by atoms with Gasteiger partial charge in [-0.2, -0.15) is 0 Å². The first-order valence-corrected chi connectivity index (χ1v) is 9.22. The number of methoxy groups -OCH3 is 1. The number of carbonyl (C=O) groups is 3. The Morgan fingerprint density at radius 3 is 2.74 bits per heavy atom. The van der Waals surface area contributed by atoms with E-state index in [0.29, 0.717) is 16.1 Å². The number of hydrogen-bond donors (Lipinski definition) is 2. The third-order valence-corrected chi connectivity index (χ3v) is 5.56. The largest absolute Gasteiger partial charge is 0.507 e. The lowest BCUT2D eigenvalue weighted by Gasteiger charge is -2.09. The highest BCUT2D eigenvalue weighted by Gasteiger charge is 2.28. The van der Waals surface area contributed by atoms with Crippen LogP contribution < -0.4 is 5.32 Å². The maximum absolute atomic E-state index is 12.2. The summed E-state index contributed by atoms with van der Waals surface area (Å²) in [4.78, 5) is 37.4. The number of phenols is 1. The number of hydrogen-bond acceptors (Lipinski definition) is 7. The number of aryl methyl sites for hydroxylation is 2. The fraction of sp³-hybridized carbons (Fsp3) is 0.316. The molecule has 0 bridgehead atoms. The molecule has 7 nitrogen and oxygen atoms in total. The van der Waals surface area contributed by atoms with Crippen LogP contribution in [0, 0.1) is 6.92 Å². The summed E-state index contributed by atoms with van der Waals surface area (Å²) in [5, 5.41) is 12.9. The molecule has 2 N–H and O–H groups in total. The van der Waals surface area contributed by atoms with Gasteiger partial charge in [0.05, 0.1) is 12.7 Å². The second-order valence-electron chi connectivity index (χ2n) is 6.15. The van der Waals surface area contributed by atoms with Crippen LogP contribution in [0.1, 0.15) is 43.1 Å². The Balaban J connectivity index is 1.67. The Kier molecular flexibility index (Phi) is 5.46. The Hall–Kier alpha value is -2.87. The van der Waals surface area contributed by atoms with Gasteiger partial charge in [-0.05, 0) is 43.4 Å². The number of nitrogens with one attached hydrogen (secondary N) is 1. The second-order valence-corrected chi connectivity index (χ2v) is 7.25. The molecule has 0 radical (unpaired) electrons. The summed E-state index contributed by atoms with van der Waals surface area (Å²) in [5.74, 6) is -2.04. The molecule has 2 aromatic rings. The second kappa shape index (κ2) is 7.79. The summed E-state index contributed by atoms with van der Waals surface area (Å²) in [5.41, 5.74) is 1.83. The number of rotatable bonds is 5. The average Bonchev–Trinajstić information content (AvgIpc) is 3.22. The monoisotopic (exact) mass is 389 g/mol. The Morgan fingerprint density at radius 2 is 2.00 bits per heavy atom. The quantitative estimate of drug-likeness (QED) is 0.763. The van der Waals surface area contributed by atoms with Crippen molar-refractivity contribution in [2.24, 2.45) is 0 Å². The molecule has 0 atom stereocenters. The predicted molar refractivity (Wildman–Crippen MR) is 99.4 cm³/mol. The predicted octanol–water partition coefficient (Wildman–Crippen LogP) is 2.83. The molecule has 1 aromatic carbocycles. The first-order valence-electron chi connectivity index (χ1n) is 8.40. The SMILES string of the molecule is COC(=O)c1c(NC(=O)COC(=O)c2cccc(C)c2O)sc2c1CCC2. The molecular weight excluding hydrogens is 370 g/mol. The van der Waals surface area contributed by atoms with Gasteiger partial charge < -0.3 is 19.9 Å². The summed E-state index contributed by atoms with van der Waals surface area (Å²) in [6.45, 7) is 1.12. The van der Waals surface area contributed by atoms with Crippen LogP contribution in [0.5, 0.6) is 5.75 Å². The third kappa shape index (κ3) is 3.80. The van der Waals surface area contributed by atoms with Gasteiger partial charge in [-0.15, -0.1) is 11.3 Å². The molecule has 3 rings (SSSR count). The van der Waals surface area contributed by atoms with E-state index in [1.54, 1.807) is 19.1 Å². The van der Waals surface area contributed by atoms with Crippen molar-refractivity contribution in [1.29, 1.82) is 0 Å². The maximum atomic E-state index is 12.2. The van der Waals surface area contributed by atoms with E-state index >= 15 is 0 Å². The van der Waals surface area contributed by atoms with E-state index in [2.05, 4.69) is 5.32 Å². The van der Waals surface area contributed by atoms with Gasteiger partial charge in [0.2, 0.25) is 0 Å². The highest BCUT2D eigenvalue weighted by atomic mass is 32.1. The van der Waals surface area contributed by atoms with Gasteiger partial charge in [-0.3, -0.25) is 4.79 Å². The minimum absolute atomic E-state index is 0.00634. The van der Waals surface area contributed by atoms with Crippen molar-refractivity contribution < 1.29 is 29.0 Å². The van der Waals surface area contributed by atoms with Crippen molar-refractivity contribution in [3.8, 4) is 5.75 Å². The first kappa shape index (κ1) is 18.9. The molecule has 0 fully saturated rings. The highest BCUT2D eigenvalue weighted by molar-refractivity contribution is 7.17. The number of thiophene rings is 1. The number of benzene rings is 1. The summed E-state index contributed by atoms with van der Waals surface area (Å²) in [6, 6.07) is 4.69. The number of para-hydroxylation sites is 1. The minimum atomic E-state index is -0.798. The smallest absolute Gasteiger partial charge is 0.342 e. The lowest BCUT2D eigenvalue weighted by atomic mass is 10.1. The maximum Gasteiger partial charge on any atom is 0.342 e. The van der Waals surface area contributed by atoms with E-state index < -0.39 is 24.5 Å². The molecular formula is C19H19NO6S. The number of esters is 2. The van der Waals surface area contributed by atoms with E-state index in [4.69, 9.17) is 9.47 Å². The van der Waals surface area contributed by atoms with Crippen LogP contribution in [0.4, 0.5) is 5.00 Å². The first-order chi connectivity index (χ1) is 12.9. The minimum Gasteiger partial charge on any atom is -0.507 e.